The molecule has 1 atom stereocenters. The average molecular weight is 384 g/mol. The molecule has 2 aromatic carbocycles. The number of aryl methyl sites for hydroxylation is 1. The van der Waals surface area contributed by atoms with Crippen LogP contribution >= 0.6 is 11.6 Å². The third-order valence-corrected chi connectivity index (χ3v) is 5.61. The van der Waals surface area contributed by atoms with Crippen LogP contribution in [0.25, 0.3) is 0 Å². The fourth-order valence-electron chi connectivity index (χ4n) is 2.44. The van der Waals surface area contributed by atoms with Gasteiger partial charge in [0.15, 0.2) is 0 Å². The maximum Gasteiger partial charge on any atom is 0.240 e. The Bertz CT molecular complexity index is 833. The van der Waals surface area contributed by atoms with Gasteiger partial charge in [0.25, 0.3) is 0 Å². The molecule has 0 fully saturated rings. The second-order valence-corrected chi connectivity index (χ2v) is 8.43. The van der Waals surface area contributed by atoms with Gasteiger partial charge in [0.2, 0.25) is 10.0 Å². The summed E-state index contributed by atoms with van der Waals surface area (Å²) in [5.41, 5.74) is 0.226. The topological polar surface area (TPSA) is 75.6 Å². The average Bonchev–Trinajstić information content (AvgIpc) is 2.56. The van der Waals surface area contributed by atoms with Crippen LogP contribution in [-0.4, -0.2) is 32.8 Å². The van der Waals surface area contributed by atoms with Crippen LogP contribution in [0, 0.1) is 6.92 Å². The molecular weight excluding hydrogens is 362 g/mol. The Morgan fingerprint density at radius 1 is 1.20 bits per heavy atom. The van der Waals surface area contributed by atoms with Gasteiger partial charge in [0.05, 0.1) is 17.6 Å². The molecule has 2 N–H and O–H groups in total. The summed E-state index contributed by atoms with van der Waals surface area (Å²) < 4.78 is 32.5. The van der Waals surface area contributed by atoms with Crippen LogP contribution < -0.4 is 9.46 Å². The number of rotatable bonds is 7. The van der Waals surface area contributed by atoms with Crippen molar-refractivity contribution in [1.29, 1.82) is 0 Å². The molecule has 0 spiro atoms. The van der Waals surface area contributed by atoms with E-state index in [2.05, 4.69) is 4.72 Å². The van der Waals surface area contributed by atoms with Crippen LogP contribution in [0.4, 0.5) is 0 Å². The molecule has 0 aliphatic heterocycles. The van der Waals surface area contributed by atoms with Gasteiger partial charge in [0.1, 0.15) is 5.75 Å². The molecule has 1 unspecified atom stereocenters. The van der Waals surface area contributed by atoms with Crippen LogP contribution in [0.2, 0.25) is 5.02 Å². The minimum Gasteiger partial charge on any atom is -0.497 e. The summed E-state index contributed by atoms with van der Waals surface area (Å²) in [4.78, 5) is 0.111. The van der Waals surface area contributed by atoms with E-state index in [0.29, 0.717) is 17.0 Å². The molecule has 0 saturated carbocycles. The number of benzene rings is 2. The Morgan fingerprint density at radius 3 is 2.44 bits per heavy atom. The third-order valence-electron chi connectivity index (χ3n) is 3.83. The van der Waals surface area contributed by atoms with Crippen LogP contribution in [0.3, 0.4) is 0 Å². The molecule has 0 bridgehead atoms. The van der Waals surface area contributed by atoms with Crippen molar-refractivity contribution in [1.82, 2.24) is 4.72 Å². The molecule has 136 valence electrons. The smallest absolute Gasteiger partial charge is 0.240 e. The molecule has 0 aliphatic carbocycles. The molecule has 2 aromatic rings. The van der Waals surface area contributed by atoms with Crippen molar-refractivity contribution in [2.75, 3.05) is 13.7 Å². The van der Waals surface area contributed by atoms with E-state index in [1.807, 2.05) is 12.1 Å². The number of hydrogen-bond donors (Lipinski definition) is 2. The summed E-state index contributed by atoms with van der Waals surface area (Å²) in [6.07, 6.45) is 0.300. The van der Waals surface area contributed by atoms with Crippen molar-refractivity contribution in [3.63, 3.8) is 0 Å². The zero-order valence-corrected chi connectivity index (χ0v) is 16.0. The molecule has 0 amide bonds. The van der Waals surface area contributed by atoms with Gasteiger partial charge in [-0.15, -0.1) is 0 Å². The largest absolute Gasteiger partial charge is 0.497 e. The second kappa shape index (κ2) is 7.74. The molecular formula is C18H22ClNO4S. The lowest BCUT2D eigenvalue weighted by molar-refractivity contribution is 0.0657. The van der Waals surface area contributed by atoms with E-state index in [1.54, 1.807) is 45.2 Å². The lowest BCUT2D eigenvalue weighted by Gasteiger charge is -2.24. The van der Waals surface area contributed by atoms with Gasteiger partial charge < -0.3 is 9.84 Å². The second-order valence-electron chi connectivity index (χ2n) is 6.26. The fraction of sp³-hybridized carbons (Fsp3) is 0.333. The first-order chi connectivity index (χ1) is 11.6. The molecule has 0 aliphatic rings. The Kier molecular flexibility index (Phi) is 6.11. The first kappa shape index (κ1) is 19.7. The van der Waals surface area contributed by atoms with Gasteiger partial charge in [-0.2, -0.15) is 0 Å². The van der Waals surface area contributed by atoms with E-state index in [9.17, 15) is 13.5 Å². The van der Waals surface area contributed by atoms with E-state index < -0.39 is 15.6 Å². The predicted octanol–water partition coefficient (Wildman–Crippen LogP) is 2.93. The number of hydrogen-bond acceptors (Lipinski definition) is 4. The predicted molar refractivity (Wildman–Crippen MR) is 98.7 cm³/mol. The number of halogens is 1. The maximum absolute atomic E-state index is 12.5. The number of nitrogens with one attached hydrogen (secondary N) is 1. The van der Waals surface area contributed by atoms with E-state index in [-0.39, 0.29) is 11.4 Å². The highest BCUT2D eigenvalue weighted by Gasteiger charge is 2.25. The number of aliphatic hydroxyl groups is 1. The maximum atomic E-state index is 12.5. The molecule has 0 saturated heterocycles. The summed E-state index contributed by atoms with van der Waals surface area (Å²) in [6, 6.07) is 11.9. The van der Waals surface area contributed by atoms with Crippen molar-refractivity contribution in [2.24, 2.45) is 0 Å². The van der Waals surface area contributed by atoms with E-state index >= 15 is 0 Å². The molecule has 0 heterocycles. The molecule has 5 nitrogen and oxygen atoms in total. The summed E-state index contributed by atoms with van der Waals surface area (Å²) in [7, 11) is -2.18. The minimum atomic E-state index is -3.76. The normalized spacial score (nSPS) is 14.1. The molecule has 25 heavy (non-hydrogen) atoms. The third kappa shape index (κ3) is 5.44. The lowest BCUT2D eigenvalue weighted by atomic mass is 9.97. The van der Waals surface area contributed by atoms with Crippen molar-refractivity contribution in [3.05, 3.63) is 58.6 Å². The Labute approximate surface area is 153 Å². The lowest BCUT2D eigenvalue weighted by Crippen LogP contribution is -2.42. The van der Waals surface area contributed by atoms with Crippen LogP contribution in [0.1, 0.15) is 18.1 Å². The van der Waals surface area contributed by atoms with Crippen LogP contribution in [0.5, 0.6) is 5.75 Å². The quantitative estimate of drug-likeness (QED) is 0.770. The van der Waals surface area contributed by atoms with Gasteiger partial charge in [-0.05, 0) is 49.2 Å². The number of methoxy groups -OCH3 is 1. The molecule has 2 rings (SSSR count). The van der Waals surface area contributed by atoms with Gasteiger partial charge in [-0.3, -0.25) is 0 Å². The summed E-state index contributed by atoms with van der Waals surface area (Å²) in [5.74, 6) is 0.723. The zero-order chi connectivity index (χ0) is 18.7. The van der Waals surface area contributed by atoms with E-state index in [1.165, 1.54) is 6.07 Å². The SMILES string of the molecule is COc1ccc(CC(C)(O)CNS(=O)(=O)c2cc(Cl)ccc2C)cc1. The highest BCUT2D eigenvalue weighted by molar-refractivity contribution is 7.89. The molecule has 0 aromatic heterocycles. The van der Waals surface area contributed by atoms with E-state index in [4.69, 9.17) is 16.3 Å². The van der Waals surface area contributed by atoms with Crippen LogP contribution in [-0.2, 0) is 16.4 Å². The Morgan fingerprint density at radius 2 is 1.84 bits per heavy atom. The fourth-order valence-corrected chi connectivity index (χ4v) is 4.10. The van der Waals surface area contributed by atoms with Gasteiger partial charge in [0, 0.05) is 18.0 Å². The highest BCUT2D eigenvalue weighted by atomic mass is 35.5. The van der Waals surface area contributed by atoms with Crippen molar-refractivity contribution in [2.45, 2.75) is 30.8 Å². The van der Waals surface area contributed by atoms with Crippen molar-refractivity contribution >= 4 is 21.6 Å². The first-order valence-electron chi connectivity index (χ1n) is 7.74. The highest BCUT2D eigenvalue weighted by Crippen LogP contribution is 2.21. The van der Waals surface area contributed by atoms with Crippen LogP contribution in [0.15, 0.2) is 47.4 Å². The summed E-state index contributed by atoms with van der Waals surface area (Å²) in [6.45, 7) is 3.16. The van der Waals surface area contributed by atoms with Gasteiger partial charge in [-0.1, -0.05) is 29.8 Å². The standard InChI is InChI=1S/C18H22ClNO4S/c1-13-4-7-15(19)10-17(13)25(22,23)20-12-18(2,21)11-14-5-8-16(24-3)9-6-14/h4-10,20-21H,11-12H2,1-3H3. The number of sulfonamides is 1. The summed E-state index contributed by atoms with van der Waals surface area (Å²) in [5, 5.41) is 10.9. The van der Waals surface area contributed by atoms with Crippen molar-refractivity contribution in [3.8, 4) is 5.75 Å². The molecule has 0 radical (unpaired) electrons. The first-order valence-corrected chi connectivity index (χ1v) is 9.60. The Hall–Kier alpha value is -1.60. The minimum absolute atomic E-state index is 0.111. The Balaban J connectivity index is 2.08. The van der Waals surface area contributed by atoms with E-state index in [0.717, 1.165) is 11.3 Å². The number of ether oxygens (including phenoxy) is 1. The molecule has 7 heteroatoms. The van der Waals surface area contributed by atoms with Gasteiger partial charge in [-0.25, -0.2) is 13.1 Å². The zero-order valence-electron chi connectivity index (χ0n) is 14.4. The summed E-state index contributed by atoms with van der Waals surface area (Å²) >= 11 is 5.89. The van der Waals surface area contributed by atoms with Crippen molar-refractivity contribution < 1.29 is 18.3 Å². The van der Waals surface area contributed by atoms with Gasteiger partial charge >= 0.3 is 0 Å². The monoisotopic (exact) mass is 383 g/mol.